The number of aromatic nitrogens is 1. The topological polar surface area (TPSA) is 70.8 Å². The summed E-state index contributed by atoms with van der Waals surface area (Å²) in [5, 5.41) is 11.1. The van der Waals surface area contributed by atoms with E-state index in [1.165, 1.54) is 23.5 Å². The molecule has 2 aromatic rings. The number of nitriles is 1. The minimum atomic E-state index is -4.36. The number of hydrogen-bond acceptors (Lipinski definition) is 5. The van der Waals surface area contributed by atoms with Gasteiger partial charge in [-0.2, -0.15) is 18.4 Å². The Morgan fingerprint density at radius 3 is 2.46 bits per heavy atom. The maximum absolute atomic E-state index is 12.1. The van der Waals surface area contributed by atoms with Gasteiger partial charge in [0.1, 0.15) is 5.01 Å². The highest BCUT2D eigenvalue weighted by atomic mass is 32.2. The maximum atomic E-state index is 12.1. The van der Waals surface area contributed by atoms with Crippen LogP contribution in [0.1, 0.15) is 17.8 Å². The molecule has 4 nitrogen and oxygen atoms in total. The SMILES string of the molecule is N#CCc1nc(-c2ccc(S(=O)(=O)CCCC(F)(F)F)cc2)cs1. The van der Waals surface area contributed by atoms with Crippen LogP contribution in [0.25, 0.3) is 11.3 Å². The predicted octanol–water partition coefficient (Wildman–Crippen LogP) is 3.99. The Hall–Kier alpha value is -1.92. The van der Waals surface area contributed by atoms with Crippen molar-refractivity contribution in [2.24, 2.45) is 0 Å². The summed E-state index contributed by atoms with van der Waals surface area (Å²) in [6.45, 7) is 0. The van der Waals surface area contributed by atoms with E-state index in [1.54, 1.807) is 17.5 Å². The van der Waals surface area contributed by atoms with E-state index < -0.39 is 34.6 Å². The minimum absolute atomic E-state index is 0.0131. The van der Waals surface area contributed by atoms with Crippen LogP contribution >= 0.6 is 11.3 Å². The van der Waals surface area contributed by atoms with Crippen LogP contribution in [0.4, 0.5) is 13.2 Å². The highest BCUT2D eigenvalue weighted by Crippen LogP contribution is 2.25. The molecule has 0 amide bonds. The fourth-order valence-corrected chi connectivity index (χ4v) is 4.05. The molecular formula is C15H13F3N2O2S2. The molecule has 0 unspecified atom stereocenters. The number of rotatable bonds is 6. The first-order valence-electron chi connectivity index (χ1n) is 6.92. The van der Waals surface area contributed by atoms with Gasteiger partial charge in [0, 0.05) is 17.4 Å². The third kappa shape index (κ3) is 5.04. The van der Waals surface area contributed by atoms with E-state index in [9.17, 15) is 21.6 Å². The van der Waals surface area contributed by atoms with Crippen molar-refractivity contribution in [1.82, 2.24) is 4.98 Å². The van der Waals surface area contributed by atoms with Gasteiger partial charge in [0.25, 0.3) is 0 Å². The van der Waals surface area contributed by atoms with Gasteiger partial charge in [-0.05, 0) is 18.6 Å². The molecule has 0 saturated carbocycles. The van der Waals surface area contributed by atoms with Crippen molar-refractivity contribution in [2.75, 3.05) is 5.75 Å². The third-order valence-corrected chi connectivity index (χ3v) is 5.83. The van der Waals surface area contributed by atoms with E-state index in [0.29, 0.717) is 16.3 Å². The maximum Gasteiger partial charge on any atom is 0.389 e. The molecule has 1 aromatic carbocycles. The van der Waals surface area contributed by atoms with Crippen LogP contribution in [-0.4, -0.2) is 25.3 Å². The molecule has 0 fully saturated rings. The zero-order valence-electron chi connectivity index (χ0n) is 12.4. The minimum Gasteiger partial charge on any atom is -0.240 e. The molecule has 0 spiro atoms. The lowest BCUT2D eigenvalue weighted by molar-refractivity contribution is -0.134. The van der Waals surface area contributed by atoms with Gasteiger partial charge < -0.3 is 0 Å². The van der Waals surface area contributed by atoms with Gasteiger partial charge in [0.15, 0.2) is 9.84 Å². The van der Waals surface area contributed by atoms with Gasteiger partial charge in [-0.15, -0.1) is 11.3 Å². The first-order chi connectivity index (χ1) is 11.2. The van der Waals surface area contributed by atoms with Gasteiger partial charge in [-0.25, -0.2) is 13.4 Å². The standard InChI is InChI=1S/C15H13F3N2O2S2/c16-15(17,18)7-1-9-24(21,22)12-4-2-11(3-5-12)13-10-23-14(20-13)6-8-19/h2-5,10H,1,6-7,9H2. The third-order valence-electron chi connectivity index (χ3n) is 3.16. The van der Waals surface area contributed by atoms with E-state index in [4.69, 9.17) is 5.26 Å². The molecule has 9 heteroatoms. The highest BCUT2D eigenvalue weighted by molar-refractivity contribution is 7.91. The zero-order valence-corrected chi connectivity index (χ0v) is 14.0. The number of thiazole rings is 1. The van der Waals surface area contributed by atoms with Crippen LogP contribution in [0.3, 0.4) is 0 Å². The summed E-state index contributed by atoms with van der Waals surface area (Å²) in [7, 11) is -3.75. The lowest BCUT2D eigenvalue weighted by atomic mass is 10.2. The number of hydrogen-bond donors (Lipinski definition) is 0. The van der Waals surface area contributed by atoms with Crippen molar-refractivity contribution in [3.05, 3.63) is 34.7 Å². The van der Waals surface area contributed by atoms with Crippen LogP contribution in [0.15, 0.2) is 34.5 Å². The van der Waals surface area contributed by atoms with Crippen molar-refractivity contribution < 1.29 is 21.6 Å². The second-order valence-corrected chi connectivity index (χ2v) is 8.08. The van der Waals surface area contributed by atoms with Gasteiger partial charge in [0.05, 0.1) is 28.8 Å². The second-order valence-electron chi connectivity index (χ2n) is 5.02. The summed E-state index contributed by atoms with van der Waals surface area (Å²) in [4.78, 5) is 4.25. The molecule has 0 bridgehead atoms. The van der Waals surface area contributed by atoms with Crippen LogP contribution < -0.4 is 0 Å². The Morgan fingerprint density at radius 2 is 1.88 bits per heavy atom. The normalized spacial score (nSPS) is 12.1. The van der Waals surface area contributed by atoms with Crippen LogP contribution in [0.5, 0.6) is 0 Å². The van der Waals surface area contributed by atoms with E-state index in [1.807, 2.05) is 6.07 Å². The lowest BCUT2D eigenvalue weighted by Gasteiger charge is -2.07. The molecule has 0 radical (unpaired) electrons. The summed E-state index contributed by atoms with van der Waals surface area (Å²) in [5.41, 5.74) is 1.32. The highest BCUT2D eigenvalue weighted by Gasteiger charge is 2.27. The molecule has 0 aliphatic heterocycles. The van der Waals surface area contributed by atoms with Gasteiger partial charge in [-0.1, -0.05) is 12.1 Å². The molecule has 0 aliphatic rings. The Bertz CT molecular complexity index is 835. The van der Waals surface area contributed by atoms with Crippen LogP contribution in [-0.2, 0) is 16.3 Å². The van der Waals surface area contributed by atoms with E-state index in [0.717, 1.165) is 0 Å². The average Bonchev–Trinajstić information content (AvgIpc) is 2.95. The number of alkyl halides is 3. The van der Waals surface area contributed by atoms with Gasteiger partial charge >= 0.3 is 6.18 Å². The Kier molecular flexibility index (Phi) is 5.62. The predicted molar refractivity (Wildman–Crippen MR) is 84.2 cm³/mol. The molecule has 24 heavy (non-hydrogen) atoms. The first-order valence-corrected chi connectivity index (χ1v) is 9.46. The molecule has 2 rings (SSSR count). The number of halogens is 3. The van der Waals surface area contributed by atoms with E-state index in [-0.39, 0.29) is 11.3 Å². The van der Waals surface area contributed by atoms with Gasteiger partial charge in [-0.3, -0.25) is 0 Å². The summed E-state index contributed by atoms with van der Waals surface area (Å²) in [6, 6.07) is 7.84. The average molecular weight is 374 g/mol. The number of sulfone groups is 1. The van der Waals surface area contributed by atoms with E-state index in [2.05, 4.69) is 4.98 Å². The Balaban J connectivity index is 2.09. The summed E-state index contributed by atoms with van der Waals surface area (Å²) < 4.78 is 60.4. The number of benzene rings is 1. The zero-order chi connectivity index (χ0) is 17.8. The number of nitrogens with zero attached hydrogens (tertiary/aromatic N) is 2. The molecule has 0 aliphatic carbocycles. The van der Waals surface area contributed by atoms with Crippen molar-refractivity contribution in [3.63, 3.8) is 0 Å². The van der Waals surface area contributed by atoms with Gasteiger partial charge in [0.2, 0.25) is 0 Å². The van der Waals surface area contributed by atoms with Crippen LogP contribution in [0, 0.1) is 11.3 Å². The van der Waals surface area contributed by atoms with Crippen molar-refractivity contribution in [3.8, 4) is 17.3 Å². The summed E-state index contributed by atoms with van der Waals surface area (Å²) >= 11 is 1.33. The molecule has 0 N–H and O–H groups in total. The molecule has 0 saturated heterocycles. The fourth-order valence-electron chi connectivity index (χ4n) is 2.01. The largest absolute Gasteiger partial charge is 0.389 e. The molecule has 0 atom stereocenters. The lowest BCUT2D eigenvalue weighted by Crippen LogP contribution is -2.12. The molecule has 1 heterocycles. The fraction of sp³-hybridized carbons (Fsp3) is 0.333. The molecular weight excluding hydrogens is 361 g/mol. The summed E-state index contributed by atoms with van der Waals surface area (Å²) in [5.74, 6) is -0.547. The van der Waals surface area contributed by atoms with Crippen molar-refractivity contribution in [2.45, 2.75) is 30.3 Å². The molecule has 1 aromatic heterocycles. The van der Waals surface area contributed by atoms with Crippen molar-refractivity contribution in [1.29, 1.82) is 5.26 Å². The summed E-state index contributed by atoms with van der Waals surface area (Å²) in [6.07, 6.45) is -5.73. The first kappa shape index (κ1) is 18.4. The monoisotopic (exact) mass is 374 g/mol. The Labute approximate surface area is 141 Å². The van der Waals surface area contributed by atoms with E-state index >= 15 is 0 Å². The quantitative estimate of drug-likeness (QED) is 0.766. The smallest absolute Gasteiger partial charge is 0.240 e. The van der Waals surface area contributed by atoms with Crippen molar-refractivity contribution >= 4 is 21.2 Å². The molecule has 128 valence electrons. The van der Waals surface area contributed by atoms with Crippen LogP contribution in [0.2, 0.25) is 0 Å². The Morgan fingerprint density at radius 1 is 1.21 bits per heavy atom. The second kappa shape index (κ2) is 7.32.